The van der Waals surface area contributed by atoms with Crippen molar-refractivity contribution < 1.29 is 17.6 Å². The maximum Gasteiger partial charge on any atom is 0.232 e. The molecule has 164 valence electrons. The van der Waals surface area contributed by atoms with Crippen LogP contribution in [0.4, 0.5) is 16.0 Å². The summed E-state index contributed by atoms with van der Waals surface area (Å²) in [6.07, 6.45) is 8.67. The number of benzene rings is 1. The zero-order valence-electron chi connectivity index (χ0n) is 17.3. The number of nitrogens with zero attached hydrogens (tertiary/aromatic N) is 2. The van der Waals surface area contributed by atoms with Crippen LogP contribution in [0.5, 0.6) is 0 Å². The summed E-state index contributed by atoms with van der Waals surface area (Å²) in [6, 6.07) is 4.29. The van der Waals surface area contributed by atoms with Gasteiger partial charge in [0.15, 0.2) is 0 Å². The predicted molar refractivity (Wildman–Crippen MR) is 118 cm³/mol. The number of hydrogen-bond donors (Lipinski definition) is 2. The first-order valence-corrected chi connectivity index (χ1v) is 12.2. The molecule has 0 saturated heterocycles. The van der Waals surface area contributed by atoms with Crippen LogP contribution in [0.1, 0.15) is 50.3 Å². The molecule has 2 aliphatic rings. The summed E-state index contributed by atoms with van der Waals surface area (Å²) in [5.74, 6) is -0.636. The molecule has 31 heavy (non-hydrogen) atoms. The van der Waals surface area contributed by atoms with E-state index in [-0.39, 0.29) is 29.2 Å². The van der Waals surface area contributed by atoms with Gasteiger partial charge in [0.1, 0.15) is 5.82 Å². The molecule has 0 atom stereocenters. The van der Waals surface area contributed by atoms with Gasteiger partial charge in [-0.25, -0.2) is 22.8 Å². The molecule has 0 spiro atoms. The van der Waals surface area contributed by atoms with Gasteiger partial charge in [0.2, 0.25) is 21.9 Å². The fourth-order valence-electron chi connectivity index (χ4n) is 3.54. The number of allylic oxidation sites excluding steroid dienone is 1. The number of hydrogen-bond acceptors (Lipinski definition) is 5. The summed E-state index contributed by atoms with van der Waals surface area (Å²) in [5.41, 5.74) is 2.49. The van der Waals surface area contributed by atoms with Gasteiger partial charge in [-0.2, -0.15) is 0 Å². The van der Waals surface area contributed by atoms with Gasteiger partial charge in [-0.15, -0.1) is 0 Å². The second-order valence-corrected chi connectivity index (χ2v) is 9.77. The topological polar surface area (TPSA) is 101 Å². The Labute approximate surface area is 181 Å². The second kappa shape index (κ2) is 8.74. The minimum absolute atomic E-state index is 0.0126. The first-order valence-electron chi connectivity index (χ1n) is 10.5. The molecule has 2 aromatic rings. The number of carbonyl (C=O) groups excluding carboxylic acids is 1. The van der Waals surface area contributed by atoms with E-state index < -0.39 is 15.8 Å². The Hall–Kier alpha value is -2.81. The van der Waals surface area contributed by atoms with Crippen LogP contribution < -0.4 is 10.0 Å². The molecule has 1 fully saturated rings. The Morgan fingerprint density at radius 2 is 2.06 bits per heavy atom. The first kappa shape index (κ1) is 21.4. The largest absolute Gasteiger partial charge is 0.294 e. The summed E-state index contributed by atoms with van der Waals surface area (Å²) < 4.78 is 41.1. The van der Waals surface area contributed by atoms with Crippen molar-refractivity contribution in [2.45, 2.75) is 45.4 Å². The van der Waals surface area contributed by atoms with Crippen molar-refractivity contribution in [1.29, 1.82) is 0 Å². The molecule has 0 aliphatic heterocycles. The summed E-state index contributed by atoms with van der Waals surface area (Å²) in [4.78, 5) is 21.3. The number of sulfonamides is 1. The molecule has 7 nitrogen and oxygen atoms in total. The van der Waals surface area contributed by atoms with Gasteiger partial charge in [-0.3, -0.25) is 14.8 Å². The van der Waals surface area contributed by atoms with E-state index in [9.17, 15) is 17.6 Å². The molecule has 0 unspecified atom stereocenters. The highest BCUT2D eigenvalue weighted by atomic mass is 32.2. The maximum absolute atomic E-state index is 14.8. The van der Waals surface area contributed by atoms with Crippen molar-refractivity contribution in [3.8, 4) is 11.3 Å². The van der Waals surface area contributed by atoms with Crippen LogP contribution in [0, 0.1) is 11.7 Å². The lowest BCUT2D eigenvalue weighted by atomic mass is 10.0. The fraction of sp³-hybridized carbons (Fsp3) is 0.409. The summed E-state index contributed by atoms with van der Waals surface area (Å²) >= 11 is 0. The van der Waals surface area contributed by atoms with Crippen molar-refractivity contribution >= 4 is 33.6 Å². The maximum atomic E-state index is 14.8. The van der Waals surface area contributed by atoms with Gasteiger partial charge in [-0.1, -0.05) is 25.1 Å². The van der Waals surface area contributed by atoms with E-state index in [1.54, 1.807) is 13.0 Å². The number of aromatic nitrogens is 2. The van der Waals surface area contributed by atoms with Crippen molar-refractivity contribution in [3.05, 3.63) is 41.3 Å². The average molecular weight is 445 g/mol. The van der Waals surface area contributed by atoms with Gasteiger partial charge in [0, 0.05) is 17.0 Å². The molecule has 4 rings (SSSR count). The van der Waals surface area contributed by atoms with Crippen LogP contribution in [-0.2, 0) is 21.2 Å². The Balaban J connectivity index is 1.71. The molecule has 2 N–H and O–H groups in total. The van der Waals surface area contributed by atoms with Crippen LogP contribution >= 0.6 is 0 Å². The van der Waals surface area contributed by atoms with Gasteiger partial charge in [0.25, 0.3) is 0 Å². The Bertz CT molecular complexity index is 1140. The minimum atomic E-state index is -3.60. The number of halogens is 1. The van der Waals surface area contributed by atoms with Crippen molar-refractivity contribution in [3.63, 3.8) is 0 Å². The normalized spacial score (nSPS) is 15.8. The number of amides is 1. The Kier molecular flexibility index (Phi) is 6.04. The highest BCUT2D eigenvalue weighted by molar-refractivity contribution is 7.92. The number of aryl methyl sites for hydroxylation is 1. The number of carbonyl (C=O) groups is 1. The number of fused-ring (bicyclic) bond motifs is 1. The number of anilines is 2. The van der Waals surface area contributed by atoms with E-state index in [4.69, 9.17) is 0 Å². The molecular weight excluding hydrogens is 419 g/mol. The molecule has 0 bridgehead atoms. The van der Waals surface area contributed by atoms with E-state index in [2.05, 4.69) is 20.0 Å². The molecular formula is C22H25FN4O3S. The molecule has 1 saturated carbocycles. The first-order chi connectivity index (χ1) is 14.9. The van der Waals surface area contributed by atoms with Crippen LogP contribution in [0.2, 0.25) is 0 Å². The third-order valence-electron chi connectivity index (χ3n) is 5.26. The Morgan fingerprint density at radius 3 is 2.77 bits per heavy atom. The highest BCUT2D eigenvalue weighted by Crippen LogP contribution is 2.33. The lowest BCUT2D eigenvalue weighted by molar-refractivity contribution is -0.117. The summed E-state index contributed by atoms with van der Waals surface area (Å²) in [7, 11) is -3.60. The Morgan fingerprint density at radius 1 is 1.26 bits per heavy atom. The second-order valence-electron chi connectivity index (χ2n) is 7.93. The van der Waals surface area contributed by atoms with Crippen LogP contribution in [0.3, 0.4) is 0 Å². The van der Waals surface area contributed by atoms with E-state index in [1.807, 2.05) is 12.2 Å². The fourth-order valence-corrected chi connectivity index (χ4v) is 4.68. The third kappa shape index (κ3) is 5.10. The monoisotopic (exact) mass is 444 g/mol. The third-order valence-corrected chi connectivity index (χ3v) is 6.73. The standard InChI is InChI=1S/C22H25FN4O3S/c1-2-12-31(29,30)27-19-11-10-15(13-17(19)23)20-16-6-4-3-5-7-18(16)24-22(25-20)26-21(28)14-8-9-14/h4,6,10-11,13-14,27H,2-3,5,7-9,12H2,1H3,(H,24,25,26,28). The van der Waals surface area contributed by atoms with Gasteiger partial charge in [-0.05, 0) is 50.7 Å². The van der Waals surface area contributed by atoms with E-state index >= 15 is 0 Å². The minimum Gasteiger partial charge on any atom is -0.294 e. The van der Waals surface area contributed by atoms with Gasteiger partial charge in [0.05, 0.1) is 22.8 Å². The summed E-state index contributed by atoms with van der Waals surface area (Å²) in [6.45, 7) is 1.74. The zero-order valence-corrected chi connectivity index (χ0v) is 18.1. The predicted octanol–water partition coefficient (Wildman–Crippen LogP) is 4.13. The summed E-state index contributed by atoms with van der Waals surface area (Å²) in [5, 5.41) is 2.78. The lowest BCUT2D eigenvalue weighted by Crippen LogP contribution is -2.17. The molecule has 2 aliphatic carbocycles. The molecule has 1 heterocycles. The highest BCUT2D eigenvalue weighted by Gasteiger charge is 2.30. The van der Waals surface area contributed by atoms with Crippen LogP contribution in [-0.4, -0.2) is 30.0 Å². The van der Waals surface area contributed by atoms with Gasteiger partial charge < -0.3 is 0 Å². The van der Waals surface area contributed by atoms with E-state index in [1.165, 1.54) is 12.1 Å². The molecule has 0 radical (unpaired) electrons. The molecule has 1 aromatic heterocycles. The molecule has 1 amide bonds. The van der Waals surface area contributed by atoms with Crippen LogP contribution in [0.15, 0.2) is 24.3 Å². The van der Waals surface area contributed by atoms with Gasteiger partial charge >= 0.3 is 0 Å². The van der Waals surface area contributed by atoms with E-state index in [0.29, 0.717) is 17.7 Å². The molecule has 9 heteroatoms. The van der Waals surface area contributed by atoms with Crippen LogP contribution in [0.25, 0.3) is 17.3 Å². The molecule has 1 aromatic carbocycles. The number of rotatable bonds is 7. The average Bonchev–Trinajstić information content (AvgIpc) is 3.56. The van der Waals surface area contributed by atoms with Crippen molar-refractivity contribution in [2.75, 3.05) is 15.8 Å². The quantitative estimate of drug-likeness (QED) is 0.669. The SMILES string of the molecule is CCCS(=O)(=O)Nc1ccc(-c2nc(NC(=O)C3CC3)nc3c2C=CCCC3)cc1F. The van der Waals surface area contributed by atoms with E-state index in [0.717, 1.165) is 43.4 Å². The smallest absolute Gasteiger partial charge is 0.232 e. The van der Waals surface area contributed by atoms with Crippen molar-refractivity contribution in [2.24, 2.45) is 5.92 Å². The number of nitrogens with one attached hydrogen (secondary N) is 2. The zero-order chi connectivity index (χ0) is 22.0. The lowest BCUT2D eigenvalue weighted by Gasteiger charge is -2.14. The van der Waals surface area contributed by atoms with Crippen molar-refractivity contribution in [1.82, 2.24) is 9.97 Å².